The molecule has 2 aliphatic heterocycles. The van der Waals surface area contributed by atoms with Crippen LogP contribution in [-0.2, 0) is 32.1 Å². The molecule has 2 aliphatic rings. The normalized spacial score (nSPS) is 20.1. The number of thioether (sulfide) groups is 1. The van der Waals surface area contributed by atoms with Crippen molar-refractivity contribution in [2.75, 3.05) is 0 Å². The number of fused-ring (bicyclic) bond motifs is 1. The minimum atomic E-state index is -1.37. The van der Waals surface area contributed by atoms with Gasteiger partial charge in [0, 0.05) is 18.6 Å². The maximum atomic E-state index is 12.7. The summed E-state index contributed by atoms with van der Waals surface area (Å²) < 4.78 is 5.24. The molecule has 0 bridgehead atoms. The first-order valence-corrected chi connectivity index (χ1v) is 10.7. The van der Waals surface area contributed by atoms with Gasteiger partial charge in [0.25, 0.3) is 11.6 Å². The Morgan fingerprint density at radius 1 is 1.19 bits per heavy atom. The van der Waals surface area contributed by atoms with Crippen molar-refractivity contribution in [2.45, 2.75) is 37.4 Å². The number of nitro groups is 1. The minimum absolute atomic E-state index is 0.132. The Kier molecular flexibility index (Phi) is 6.04. The second-order valence-electron chi connectivity index (χ2n) is 7.43. The lowest BCUT2D eigenvalue weighted by Gasteiger charge is -2.44. The molecule has 3 atom stereocenters. The van der Waals surface area contributed by atoms with Crippen LogP contribution in [0.3, 0.4) is 0 Å². The van der Waals surface area contributed by atoms with Crippen molar-refractivity contribution in [1.29, 1.82) is 0 Å². The lowest BCUT2D eigenvalue weighted by Crippen LogP contribution is -2.67. The third-order valence-electron chi connectivity index (χ3n) is 5.18. The fourth-order valence-corrected chi connectivity index (χ4v) is 4.98. The summed E-state index contributed by atoms with van der Waals surface area (Å²) >= 11 is 1.37. The van der Waals surface area contributed by atoms with E-state index < -0.39 is 40.0 Å². The third-order valence-corrected chi connectivity index (χ3v) is 6.43. The van der Waals surface area contributed by atoms with Gasteiger partial charge in [-0.3, -0.25) is 24.7 Å². The van der Waals surface area contributed by atoms with Gasteiger partial charge in [0.15, 0.2) is 17.9 Å². The molecule has 10 heteroatoms. The predicted molar refractivity (Wildman–Crippen MR) is 117 cm³/mol. The van der Waals surface area contributed by atoms with Crippen LogP contribution in [0.1, 0.15) is 18.1 Å². The number of nitrogens with zero attached hydrogens (tertiary/aromatic N) is 3. The Bertz CT molecular complexity index is 1120. The summed E-state index contributed by atoms with van der Waals surface area (Å²) in [7, 11) is 0. The van der Waals surface area contributed by atoms with Gasteiger partial charge < -0.3 is 9.64 Å². The number of esters is 1. The Balaban J connectivity index is 1.42. The summed E-state index contributed by atoms with van der Waals surface area (Å²) in [5.41, 5.74) is 1.33. The molecule has 3 unspecified atom stereocenters. The summed E-state index contributed by atoms with van der Waals surface area (Å²) in [5.74, 6) is -1.77. The Morgan fingerprint density at radius 2 is 1.91 bits per heavy atom. The molecule has 9 nitrogen and oxygen atoms in total. The molecule has 0 aliphatic carbocycles. The van der Waals surface area contributed by atoms with Crippen LogP contribution < -0.4 is 0 Å². The second-order valence-corrected chi connectivity index (χ2v) is 8.62. The monoisotopic (exact) mass is 453 g/mol. The summed E-state index contributed by atoms with van der Waals surface area (Å²) in [6.45, 7) is 0.981. The highest BCUT2D eigenvalue weighted by atomic mass is 32.2. The number of rotatable bonds is 8. The van der Waals surface area contributed by atoms with Crippen LogP contribution in [0.2, 0.25) is 0 Å². The van der Waals surface area contributed by atoms with Crippen molar-refractivity contribution in [3.8, 4) is 0 Å². The molecule has 164 valence electrons. The number of hydrogen-bond acceptors (Lipinski definition) is 8. The van der Waals surface area contributed by atoms with Gasteiger partial charge in [0.05, 0.1) is 9.97 Å². The van der Waals surface area contributed by atoms with Gasteiger partial charge in [-0.05, 0) is 18.1 Å². The molecule has 0 spiro atoms. The summed E-state index contributed by atoms with van der Waals surface area (Å²) in [5, 5.41) is 11.2. The van der Waals surface area contributed by atoms with E-state index in [1.807, 2.05) is 30.3 Å². The molecule has 32 heavy (non-hydrogen) atoms. The Hall–Kier alpha value is -3.53. The fourth-order valence-electron chi connectivity index (χ4n) is 3.64. The van der Waals surface area contributed by atoms with E-state index in [2.05, 4.69) is 4.99 Å². The lowest BCUT2D eigenvalue weighted by molar-refractivity contribution is -0.384. The summed E-state index contributed by atoms with van der Waals surface area (Å²) in [4.78, 5) is 53.7. The fraction of sp³-hybridized carbons (Fsp3) is 0.273. The van der Waals surface area contributed by atoms with Gasteiger partial charge in [-0.2, -0.15) is 0 Å². The highest BCUT2D eigenvalue weighted by molar-refractivity contribution is 8.14. The van der Waals surface area contributed by atoms with E-state index >= 15 is 0 Å². The first kappa shape index (κ1) is 21.7. The minimum Gasteiger partial charge on any atom is -0.459 e. The van der Waals surface area contributed by atoms with Crippen LogP contribution in [-0.4, -0.2) is 50.0 Å². The number of benzene rings is 2. The number of Topliss-reactive ketones (excluding diaryl/α,β-unsaturated/α-hetero) is 1. The Labute approximate surface area is 187 Å². The number of amides is 1. The molecule has 1 amide bonds. The number of ketones is 1. The number of ether oxygens (including phenoxy) is 1. The summed E-state index contributed by atoms with van der Waals surface area (Å²) in [6.07, 6.45) is 0.571. The van der Waals surface area contributed by atoms with Crippen LogP contribution >= 0.6 is 11.8 Å². The van der Waals surface area contributed by atoms with Crippen molar-refractivity contribution in [2.24, 2.45) is 4.99 Å². The van der Waals surface area contributed by atoms with E-state index in [0.29, 0.717) is 12.0 Å². The molecule has 0 radical (unpaired) electrons. The number of carbonyl (C=O) groups excluding carboxylic acids is 3. The number of non-ortho nitro benzene ring substituents is 1. The lowest BCUT2D eigenvalue weighted by atomic mass is 10.0. The predicted octanol–water partition coefficient (Wildman–Crippen LogP) is 2.52. The highest BCUT2D eigenvalue weighted by Gasteiger charge is 2.57. The zero-order valence-corrected chi connectivity index (χ0v) is 17.9. The van der Waals surface area contributed by atoms with Crippen molar-refractivity contribution >= 4 is 40.2 Å². The number of likely N-dealkylation sites (tertiary alicyclic amines) is 1. The second kappa shape index (κ2) is 8.91. The number of β-lactam (4-membered cyclic amide) rings is 1. The highest BCUT2D eigenvalue weighted by Crippen LogP contribution is 2.41. The molecule has 0 aromatic heterocycles. The zero-order valence-electron chi connectivity index (χ0n) is 17.0. The maximum absolute atomic E-state index is 12.7. The SMILES string of the molecule is CC(=O)C(C(=O)OCc1cccc([N+](=O)[O-])c1)N1C(=O)C2N=C(Cc3ccccc3)SC21. The molecule has 1 fully saturated rings. The molecule has 2 aromatic carbocycles. The standard InChI is InChI=1S/C22H19N3O6S/c1-13(26)19(22(28)31-12-15-8-5-9-16(10-15)25(29)30)24-20(27)18-21(24)32-17(23-18)11-14-6-3-2-4-7-14/h2-10,18-19,21H,11-12H2,1H3. The van der Waals surface area contributed by atoms with Crippen molar-refractivity contribution in [3.63, 3.8) is 0 Å². The number of nitro benzene ring substituents is 1. The van der Waals surface area contributed by atoms with Gasteiger partial charge in [0.1, 0.15) is 12.0 Å². The van der Waals surface area contributed by atoms with E-state index in [1.54, 1.807) is 6.07 Å². The molecule has 0 N–H and O–H groups in total. The van der Waals surface area contributed by atoms with Crippen LogP contribution in [0.25, 0.3) is 0 Å². The molecule has 1 saturated heterocycles. The molecular weight excluding hydrogens is 434 g/mol. The topological polar surface area (TPSA) is 119 Å². The van der Waals surface area contributed by atoms with Crippen molar-refractivity contribution in [3.05, 3.63) is 75.8 Å². The van der Waals surface area contributed by atoms with Gasteiger partial charge in [-0.1, -0.05) is 54.2 Å². The molecule has 4 rings (SSSR count). The molecule has 0 saturated carbocycles. The smallest absolute Gasteiger partial charge is 0.337 e. The van der Waals surface area contributed by atoms with Gasteiger partial charge in [-0.25, -0.2) is 4.79 Å². The van der Waals surface area contributed by atoms with Crippen molar-refractivity contribution in [1.82, 2.24) is 4.90 Å². The number of carbonyl (C=O) groups is 3. The van der Waals surface area contributed by atoms with Crippen LogP contribution in [0.4, 0.5) is 5.69 Å². The largest absolute Gasteiger partial charge is 0.459 e. The van der Waals surface area contributed by atoms with E-state index in [1.165, 1.54) is 41.8 Å². The first-order valence-electron chi connectivity index (χ1n) is 9.85. The van der Waals surface area contributed by atoms with Gasteiger partial charge >= 0.3 is 5.97 Å². The number of aliphatic imine (C=N–C) groups is 1. The van der Waals surface area contributed by atoms with Gasteiger partial charge in [0.2, 0.25) is 0 Å². The third kappa shape index (κ3) is 4.26. The zero-order chi connectivity index (χ0) is 22.8. The van der Waals surface area contributed by atoms with Crippen LogP contribution in [0, 0.1) is 10.1 Å². The molecule has 2 aromatic rings. The van der Waals surface area contributed by atoms with E-state index in [9.17, 15) is 24.5 Å². The quantitative estimate of drug-likeness (QED) is 0.198. The average molecular weight is 453 g/mol. The van der Waals surface area contributed by atoms with E-state index in [-0.39, 0.29) is 12.3 Å². The van der Waals surface area contributed by atoms with Crippen LogP contribution in [0.5, 0.6) is 0 Å². The Morgan fingerprint density at radius 3 is 2.59 bits per heavy atom. The average Bonchev–Trinajstić information content (AvgIpc) is 3.15. The van der Waals surface area contributed by atoms with E-state index in [0.717, 1.165) is 10.6 Å². The number of hydrogen-bond donors (Lipinski definition) is 0. The summed E-state index contributed by atoms with van der Waals surface area (Å²) in [6, 6.07) is 13.4. The molecule has 2 heterocycles. The van der Waals surface area contributed by atoms with Gasteiger partial charge in [-0.15, -0.1) is 0 Å². The van der Waals surface area contributed by atoms with E-state index in [4.69, 9.17) is 4.74 Å². The van der Waals surface area contributed by atoms with Crippen molar-refractivity contribution < 1.29 is 24.0 Å². The first-order chi connectivity index (χ1) is 15.3. The maximum Gasteiger partial charge on any atom is 0.337 e. The van der Waals surface area contributed by atoms with Crippen LogP contribution in [0.15, 0.2) is 59.6 Å². The molecular formula is C22H19N3O6S.